The molecule has 0 aliphatic carbocycles. The van der Waals surface area contributed by atoms with Gasteiger partial charge in [0, 0.05) is 12.1 Å². The van der Waals surface area contributed by atoms with Crippen LogP contribution in [0.2, 0.25) is 0 Å². The van der Waals surface area contributed by atoms with Crippen LogP contribution in [0.1, 0.15) is 89.9 Å². The van der Waals surface area contributed by atoms with Crippen LogP contribution in [0, 0.1) is 0 Å². The van der Waals surface area contributed by atoms with Crippen LogP contribution >= 0.6 is 0 Å². The van der Waals surface area contributed by atoms with E-state index in [4.69, 9.17) is 21.3 Å². The summed E-state index contributed by atoms with van der Waals surface area (Å²) < 4.78 is 5.70. The molecule has 154 valence electrons. The standard InChI is InChI=1S/C22H38N2O3/c23-19-15-16-21(20(24)18-19)27-17-13-11-9-7-5-3-1-2-4-6-8-10-12-14-22(25)26/h15-16,18H,1-14,17,23-24H2,(H,25,26). The molecule has 0 spiro atoms. The number of hydrogen-bond acceptors (Lipinski definition) is 4. The van der Waals surface area contributed by atoms with Gasteiger partial charge in [0.15, 0.2) is 0 Å². The maximum atomic E-state index is 10.4. The van der Waals surface area contributed by atoms with Gasteiger partial charge in [0.05, 0.1) is 12.3 Å². The molecule has 0 bridgehead atoms. The highest BCUT2D eigenvalue weighted by Crippen LogP contribution is 2.23. The van der Waals surface area contributed by atoms with Crippen molar-refractivity contribution in [3.63, 3.8) is 0 Å². The average Bonchev–Trinajstić information content (AvgIpc) is 2.62. The molecule has 1 aromatic rings. The third kappa shape index (κ3) is 13.0. The Bertz CT molecular complexity index is 520. The first kappa shape index (κ1) is 23.1. The Morgan fingerprint density at radius 1 is 0.778 bits per heavy atom. The van der Waals surface area contributed by atoms with Gasteiger partial charge in [-0.25, -0.2) is 0 Å². The van der Waals surface area contributed by atoms with Crippen molar-refractivity contribution >= 4 is 17.3 Å². The van der Waals surface area contributed by atoms with Gasteiger partial charge in [0.1, 0.15) is 5.75 Å². The van der Waals surface area contributed by atoms with Crippen LogP contribution in [0.3, 0.4) is 0 Å². The molecule has 1 rings (SSSR count). The number of aliphatic carboxylic acids is 1. The fourth-order valence-electron chi connectivity index (χ4n) is 3.20. The van der Waals surface area contributed by atoms with Crippen molar-refractivity contribution in [1.29, 1.82) is 0 Å². The van der Waals surface area contributed by atoms with Gasteiger partial charge in [-0.1, -0.05) is 70.6 Å². The van der Waals surface area contributed by atoms with Gasteiger partial charge in [-0.3, -0.25) is 4.79 Å². The summed E-state index contributed by atoms with van der Waals surface area (Å²) in [5.74, 6) is 0.0557. The van der Waals surface area contributed by atoms with Crippen LogP contribution in [0.5, 0.6) is 5.75 Å². The van der Waals surface area contributed by atoms with Crippen LogP contribution in [-0.2, 0) is 4.79 Å². The molecule has 5 N–H and O–H groups in total. The second kappa shape index (κ2) is 15.2. The summed E-state index contributed by atoms with van der Waals surface area (Å²) in [4.78, 5) is 10.4. The summed E-state index contributed by atoms with van der Waals surface area (Å²) in [6, 6.07) is 5.38. The molecule has 0 aliphatic rings. The zero-order valence-electron chi connectivity index (χ0n) is 16.8. The number of unbranched alkanes of at least 4 members (excludes halogenated alkanes) is 12. The van der Waals surface area contributed by atoms with Gasteiger partial charge in [0.2, 0.25) is 0 Å². The number of nitrogen functional groups attached to an aromatic ring is 2. The zero-order chi connectivity index (χ0) is 19.7. The van der Waals surface area contributed by atoms with Crippen molar-refractivity contribution in [1.82, 2.24) is 0 Å². The zero-order valence-corrected chi connectivity index (χ0v) is 16.8. The molecule has 0 saturated heterocycles. The van der Waals surface area contributed by atoms with E-state index >= 15 is 0 Å². The maximum absolute atomic E-state index is 10.4. The van der Waals surface area contributed by atoms with Gasteiger partial charge >= 0.3 is 5.97 Å². The van der Waals surface area contributed by atoms with Crippen molar-refractivity contribution in [3.8, 4) is 5.75 Å². The van der Waals surface area contributed by atoms with Crippen molar-refractivity contribution in [3.05, 3.63) is 18.2 Å². The highest BCUT2D eigenvalue weighted by molar-refractivity contribution is 5.66. The van der Waals surface area contributed by atoms with E-state index in [-0.39, 0.29) is 0 Å². The molecule has 0 saturated carbocycles. The number of rotatable bonds is 17. The second-order valence-electron chi connectivity index (χ2n) is 7.39. The Balaban J connectivity index is 1.79. The predicted octanol–water partition coefficient (Wildman–Crippen LogP) is 5.78. The molecule has 0 unspecified atom stereocenters. The van der Waals surface area contributed by atoms with E-state index in [1.165, 1.54) is 64.2 Å². The van der Waals surface area contributed by atoms with Crippen molar-refractivity contribution in [2.24, 2.45) is 0 Å². The summed E-state index contributed by atoms with van der Waals surface area (Å²) in [7, 11) is 0. The molecule has 5 heteroatoms. The first-order chi connectivity index (χ1) is 13.1. The van der Waals surface area contributed by atoms with Crippen LogP contribution in [0.25, 0.3) is 0 Å². The average molecular weight is 379 g/mol. The molecule has 0 amide bonds. The Kier molecular flexibility index (Phi) is 13.0. The monoisotopic (exact) mass is 378 g/mol. The Morgan fingerprint density at radius 3 is 1.74 bits per heavy atom. The van der Waals surface area contributed by atoms with Gasteiger partial charge < -0.3 is 21.3 Å². The molecule has 0 fully saturated rings. The van der Waals surface area contributed by atoms with E-state index in [1.54, 1.807) is 6.07 Å². The predicted molar refractivity (Wildman–Crippen MR) is 113 cm³/mol. The van der Waals surface area contributed by atoms with Crippen LogP contribution in [0.4, 0.5) is 11.4 Å². The normalized spacial score (nSPS) is 10.8. The number of nitrogens with two attached hydrogens (primary N) is 2. The third-order valence-electron chi connectivity index (χ3n) is 4.83. The summed E-state index contributed by atoms with van der Waals surface area (Å²) in [5, 5.41) is 8.57. The fraction of sp³-hybridized carbons (Fsp3) is 0.682. The summed E-state index contributed by atoms with van der Waals surface area (Å²) in [5.41, 5.74) is 12.8. The topological polar surface area (TPSA) is 98.6 Å². The number of benzene rings is 1. The number of carboxylic acid groups (broad SMARTS) is 1. The fourth-order valence-corrected chi connectivity index (χ4v) is 3.20. The highest BCUT2D eigenvalue weighted by atomic mass is 16.5. The highest BCUT2D eigenvalue weighted by Gasteiger charge is 2.00. The molecule has 0 aromatic heterocycles. The van der Waals surface area contributed by atoms with E-state index in [0.29, 0.717) is 24.4 Å². The SMILES string of the molecule is Nc1ccc(OCCCCCCCCCCCCCCCC(=O)O)c(N)c1. The third-order valence-corrected chi connectivity index (χ3v) is 4.83. The van der Waals surface area contributed by atoms with Crippen molar-refractivity contribution in [2.45, 2.75) is 89.9 Å². The molecule has 5 nitrogen and oxygen atoms in total. The minimum absolute atomic E-state index is 0.321. The summed E-state index contributed by atoms with van der Waals surface area (Å²) in [6.45, 7) is 0.709. The number of hydrogen-bond donors (Lipinski definition) is 3. The largest absolute Gasteiger partial charge is 0.491 e. The van der Waals surface area contributed by atoms with E-state index in [1.807, 2.05) is 12.1 Å². The van der Waals surface area contributed by atoms with E-state index in [2.05, 4.69) is 0 Å². The molecular weight excluding hydrogens is 340 g/mol. The molecule has 1 aromatic carbocycles. The molecule has 27 heavy (non-hydrogen) atoms. The first-order valence-corrected chi connectivity index (χ1v) is 10.6. The van der Waals surface area contributed by atoms with Crippen LogP contribution in [0.15, 0.2) is 18.2 Å². The molecule has 0 atom stereocenters. The summed E-state index contributed by atoms with van der Waals surface area (Å²) >= 11 is 0. The Morgan fingerprint density at radius 2 is 1.26 bits per heavy atom. The lowest BCUT2D eigenvalue weighted by atomic mass is 10.0. The van der Waals surface area contributed by atoms with Gasteiger partial charge in [-0.2, -0.15) is 0 Å². The first-order valence-electron chi connectivity index (χ1n) is 10.6. The van der Waals surface area contributed by atoms with Crippen molar-refractivity contribution < 1.29 is 14.6 Å². The van der Waals surface area contributed by atoms with E-state index in [9.17, 15) is 4.79 Å². The quantitative estimate of drug-likeness (QED) is 0.236. The second-order valence-corrected chi connectivity index (χ2v) is 7.39. The molecule has 0 radical (unpaired) electrons. The lowest BCUT2D eigenvalue weighted by Crippen LogP contribution is -2.01. The van der Waals surface area contributed by atoms with Crippen LogP contribution < -0.4 is 16.2 Å². The lowest BCUT2D eigenvalue weighted by molar-refractivity contribution is -0.137. The number of ether oxygens (including phenoxy) is 1. The maximum Gasteiger partial charge on any atom is 0.303 e. The van der Waals surface area contributed by atoms with Gasteiger partial charge in [-0.15, -0.1) is 0 Å². The Hall–Kier alpha value is -1.91. The Labute approximate surface area is 164 Å². The number of carboxylic acids is 1. The number of anilines is 2. The minimum atomic E-state index is -0.672. The van der Waals surface area contributed by atoms with E-state index in [0.717, 1.165) is 25.0 Å². The molecule has 0 aliphatic heterocycles. The van der Waals surface area contributed by atoms with Crippen LogP contribution in [-0.4, -0.2) is 17.7 Å². The van der Waals surface area contributed by atoms with E-state index < -0.39 is 5.97 Å². The smallest absolute Gasteiger partial charge is 0.303 e. The summed E-state index contributed by atoms with van der Waals surface area (Å²) in [6.07, 6.45) is 16.1. The minimum Gasteiger partial charge on any atom is -0.491 e. The molecular formula is C22H38N2O3. The van der Waals surface area contributed by atoms with Crippen molar-refractivity contribution in [2.75, 3.05) is 18.1 Å². The van der Waals surface area contributed by atoms with Gasteiger partial charge in [0.25, 0.3) is 0 Å². The number of carbonyl (C=O) groups is 1. The lowest BCUT2D eigenvalue weighted by Gasteiger charge is -2.09. The molecule has 0 heterocycles. The van der Waals surface area contributed by atoms with Gasteiger partial charge in [-0.05, 0) is 31.0 Å².